The zero-order chi connectivity index (χ0) is 20.2. The molecule has 0 aromatic carbocycles. The fourth-order valence-corrected chi connectivity index (χ4v) is 2.70. The molecule has 0 saturated carbocycles. The van der Waals surface area contributed by atoms with Crippen molar-refractivity contribution in [1.29, 1.82) is 0 Å². The molecule has 0 radical (unpaired) electrons. The number of nitrogens with two attached hydrogens (primary N) is 2. The molecule has 8 N–H and O–H groups in total. The van der Waals surface area contributed by atoms with Crippen molar-refractivity contribution in [2.75, 3.05) is 52.1 Å². The van der Waals surface area contributed by atoms with Gasteiger partial charge in [-0.1, -0.05) is 0 Å². The molecule has 0 rings (SSSR count). The first-order valence-electron chi connectivity index (χ1n) is 8.05. The summed E-state index contributed by atoms with van der Waals surface area (Å²) in [6.45, 7) is 1.67. The molecular formula is C13H29N6O6S+. The van der Waals surface area contributed by atoms with Gasteiger partial charge in [0.1, 0.15) is 0 Å². The molecule has 0 aliphatic rings. The quantitative estimate of drug-likeness (QED) is 0.113. The molecule has 5 amide bonds. The van der Waals surface area contributed by atoms with E-state index in [9.17, 15) is 22.8 Å². The predicted molar refractivity (Wildman–Crippen MR) is 94.6 cm³/mol. The van der Waals surface area contributed by atoms with Crippen molar-refractivity contribution in [2.24, 2.45) is 11.5 Å². The van der Waals surface area contributed by atoms with E-state index in [1.165, 1.54) is 0 Å². The summed E-state index contributed by atoms with van der Waals surface area (Å²) in [5, 5.41) is 7.37. The Balaban J connectivity index is 4.54. The molecule has 0 heterocycles. The second kappa shape index (κ2) is 11.5. The lowest BCUT2D eigenvalue weighted by atomic mass is 10.2. The Morgan fingerprint density at radius 1 is 0.923 bits per heavy atom. The number of urea groups is 2. The molecule has 26 heavy (non-hydrogen) atoms. The van der Waals surface area contributed by atoms with Crippen LogP contribution in [-0.2, 0) is 14.9 Å². The van der Waals surface area contributed by atoms with Crippen LogP contribution in [0.5, 0.6) is 0 Å². The molecular weight excluding hydrogens is 368 g/mol. The number of carbonyl (C=O) groups excluding carboxylic acids is 3. The second-order valence-electron chi connectivity index (χ2n) is 6.15. The fraction of sp³-hybridized carbons (Fsp3) is 0.769. The maximum absolute atomic E-state index is 12.0. The third-order valence-corrected chi connectivity index (χ3v) is 4.28. The van der Waals surface area contributed by atoms with Crippen LogP contribution in [0.4, 0.5) is 9.59 Å². The Bertz CT molecular complexity index is 560. The lowest BCUT2D eigenvalue weighted by molar-refractivity contribution is -0.902. The summed E-state index contributed by atoms with van der Waals surface area (Å²) < 4.78 is 30.3. The van der Waals surface area contributed by atoms with Gasteiger partial charge in [0, 0.05) is 32.5 Å². The van der Waals surface area contributed by atoms with Crippen LogP contribution in [0.2, 0.25) is 0 Å². The molecule has 0 aliphatic carbocycles. The summed E-state index contributed by atoms with van der Waals surface area (Å²) in [5.41, 5.74) is 10.00. The Morgan fingerprint density at radius 2 is 1.38 bits per heavy atom. The highest BCUT2D eigenvalue weighted by Gasteiger charge is 2.25. The number of rotatable bonds is 13. The normalized spacial score (nSPS) is 11.6. The van der Waals surface area contributed by atoms with E-state index in [1.807, 2.05) is 7.05 Å². The highest BCUT2D eigenvalue weighted by Crippen LogP contribution is 2.06. The zero-order valence-electron chi connectivity index (χ0n) is 14.9. The fourth-order valence-electron chi connectivity index (χ4n) is 2.34. The first-order valence-corrected chi connectivity index (χ1v) is 9.66. The Morgan fingerprint density at radius 3 is 1.77 bits per heavy atom. The topological polar surface area (TPSA) is 194 Å². The summed E-state index contributed by atoms with van der Waals surface area (Å²) >= 11 is 0. The predicted octanol–water partition coefficient (Wildman–Crippen LogP) is -2.45. The number of hydrogen-bond donors (Lipinski definition) is 6. The average molecular weight is 397 g/mol. The van der Waals surface area contributed by atoms with Gasteiger partial charge < -0.3 is 31.9 Å². The standard InChI is InChI=1S/C13H28N6O6S/c1-19(7-2-4-17-12(14)21,8-3-5-18-13(15)22)10-11(20)16-6-9-26(23,24)25/h2-10H2,1H3,(H7-,14,15,16,17,18,20,21,22,23,24,25)/p+1. The van der Waals surface area contributed by atoms with Gasteiger partial charge in [-0.15, -0.1) is 0 Å². The summed E-state index contributed by atoms with van der Waals surface area (Å²) in [6.07, 6.45) is 1.14. The Kier molecular flexibility index (Phi) is 10.6. The first kappa shape index (κ1) is 23.9. The number of primary amides is 2. The zero-order valence-corrected chi connectivity index (χ0v) is 15.7. The Hall–Kier alpha value is -2.12. The maximum Gasteiger partial charge on any atom is 0.312 e. The molecule has 152 valence electrons. The largest absolute Gasteiger partial charge is 0.352 e. The smallest absolute Gasteiger partial charge is 0.312 e. The van der Waals surface area contributed by atoms with Crippen molar-refractivity contribution in [3.63, 3.8) is 0 Å². The molecule has 0 bridgehead atoms. The minimum Gasteiger partial charge on any atom is -0.352 e. The number of nitrogens with zero attached hydrogens (tertiary/aromatic N) is 1. The number of hydrogen-bond acceptors (Lipinski definition) is 5. The third-order valence-electron chi connectivity index (χ3n) is 3.56. The second-order valence-corrected chi connectivity index (χ2v) is 7.72. The highest BCUT2D eigenvalue weighted by atomic mass is 32.2. The summed E-state index contributed by atoms with van der Waals surface area (Å²) in [6, 6.07) is -1.26. The number of nitrogens with one attached hydrogen (secondary N) is 3. The minimum atomic E-state index is -4.14. The summed E-state index contributed by atoms with van der Waals surface area (Å²) in [7, 11) is -2.31. The molecule has 0 unspecified atom stereocenters. The van der Waals surface area contributed by atoms with Gasteiger partial charge in [0.05, 0.1) is 25.9 Å². The van der Waals surface area contributed by atoms with E-state index in [4.69, 9.17) is 16.0 Å². The van der Waals surface area contributed by atoms with Gasteiger partial charge in [0.2, 0.25) is 0 Å². The van der Waals surface area contributed by atoms with E-state index in [0.717, 1.165) is 0 Å². The van der Waals surface area contributed by atoms with Gasteiger partial charge in [0.25, 0.3) is 16.0 Å². The van der Waals surface area contributed by atoms with Crippen molar-refractivity contribution >= 4 is 28.1 Å². The molecule has 13 heteroatoms. The van der Waals surface area contributed by atoms with E-state index in [-0.39, 0.29) is 19.0 Å². The molecule has 0 aromatic rings. The molecule has 12 nitrogen and oxygen atoms in total. The first-order chi connectivity index (χ1) is 11.9. The third kappa shape index (κ3) is 14.2. The van der Waals surface area contributed by atoms with Crippen molar-refractivity contribution in [3.05, 3.63) is 0 Å². The van der Waals surface area contributed by atoms with Gasteiger partial charge in [-0.2, -0.15) is 8.42 Å². The summed E-state index contributed by atoms with van der Waals surface area (Å²) in [4.78, 5) is 33.4. The summed E-state index contributed by atoms with van der Waals surface area (Å²) in [5.74, 6) is -0.935. The van der Waals surface area contributed by atoms with Gasteiger partial charge in [0.15, 0.2) is 6.54 Å². The van der Waals surface area contributed by atoms with Gasteiger partial charge in [-0.05, 0) is 0 Å². The van der Waals surface area contributed by atoms with Crippen LogP contribution < -0.4 is 27.4 Å². The van der Waals surface area contributed by atoms with Crippen LogP contribution in [0, 0.1) is 0 Å². The molecule has 0 atom stereocenters. The van der Waals surface area contributed by atoms with E-state index in [0.29, 0.717) is 43.5 Å². The number of carbonyl (C=O) groups is 3. The lowest BCUT2D eigenvalue weighted by Gasteiger charge is -2.34. The van der Waals surface area contributed by atoms with Gasteiger partial charge in [-0.25, -0.2) is 9.59 Å². The molecule has 0 aromatic heterocycles. The van der Waals surface area contributed by atoms with E-state index < -0.39 is 27.9 Å². The van der Waals surface area contributed by atoms with Crippen LogP contribution in [-0.4, -0.2) is 87.5 Å². The molecule has 0 spiro atoms. The van der Waals surface area contributed by atoms with Crippen LogP contribution in [0.25, 0.3) is 0 Å². The van der Waals surface area contributed by atoms with Crippen LogP contribution >= 0.6 is 0 Å². The number of quaternary nitrogens is 1. The van der Waals surface area contributed by atoms with Crippen LogP contribution in [0.3, 0.4) is 0 Å². The minimum absolute atomic E-state index is 0.0681. The number of amides is 5. The SMILES string of the molecule is C[N+](CCCNC(N)=O)(CCCNC(N)=O)CC(=O)NCCS(=O)(=O)O. The van der Waals surface area contributed by atoms with Crippen LogP contribution in [0.15, 0.2) is 0 Å². The van der Waals surface area contributed by atoms with Crippen molar-refractivity contribution in [1.82, 2.24) is 16.0 Å². The molecule has 0 aliphatic heterocycles. The monoisotopic (exact) mass is 397 g/mol. The lowest BCUT2D eigenvalue weighted by Crippen LogP contribution is -2.53. The number of likely N-dealkylation sites (N-methyl/N-ethyl adjacent to an activating group) is 1. The Labute approximate surface area is 153 Å². The highest BCUT2D eigenvalue weighted by molar-refractivity contribution is 7.85. The molecule has 0 fully saturated rings. The van der Waals surface area contributed by atoms with E-state index in [1.54, 1.807) is 0 Å². The van der Waals surface area contributed by atoms with Crippen molar-refractivity contribution in [3.8, 4) is 0 Å². The van der Waals surface area contributed by atoms with Gasteiger partial charge in [-0.3, -0.25) is 9.35 Å². The molecule has 0 saturated heterocycles. The maximum atomic E-state index is 12.0. The van der Waals surface area contributed by atoms with Crippen LogP contribution in [0.1, 0.15) is 12.8 Å². The average Bonchev–Trinajstić information content (AvgIpc) is 2.46. The van der Waals surface area contributed by atoms with Crippen molar-refractivity contribution < 1.29 is 31.8 Å². The van der Waals surface area contributed by atoms with Gasteiger partial charge >= 0.3 is 12.1 Å². The van der Waals surface area contributed by atoms with Crippen molar-refractivity contribution in [2.45, 2.75) is 12.8 Å². The van der Waals surface area contributed by atoms with E-state index in [2.05, 4.69) is 16.0 Å². The van der Waals surface area contributed by atoms with E-state index >= 15 is 0 Å².